The van der Waals surface area contributed by atoms with Crippen molar-refractivity contribution in [1.29, 1.82) is 0 Å². The van der Waals surface area contributed by atoms with Crippen molar-refractivity contribution in [3.8, 4) is 0 Å². The molecule has 2 unspecified atom stereocenters. The zero-order valence-electron chi connectivity index (χ0n) is 9.80. The van der Waals surface area contributed by atoms with Gasteiger partial charge in [-0.25, -0.2) is 13.2 Å². The molecular formula is C12H16F3NO. The Balaban J connectivity index is 2.88. The first kappa shape index (κ1) is 14.0. The fourth-order valence-electron chi connectivity index (χ4n) is 1.59. The Morgan fingerprint density at radius 3 is 2.18 bits per heavy atom. The van der Waals surface area contributed by atoms with Gasteiger partial charge in [0, 0.05) is 12.6 Å². The summed E-state index contributed by atoms with van der Waals surface area (Å²) in [6.07, 6.45) is 0.0243. The van der Waals surface area contributed by atoms with E-state index in [1.807, 2.05) is 6.92 Å². The van der Waals surface area contributed by atoms with Crippen molar-refractivity contribution < 1.29 is 18.3 Å². The summed E-state index contributed by atoms with van der Waals surface area (Å²) >= 11 is 0. The molecule has 0 aliphatic carbocycles. The minimum Gasteiger partial charge on any atom is -0.392 e. The van der Waals surface area contributed by atoms with Crippen molar-refractivity contribution in [2.24, 2.45) is 0 Å². The van der Waals surface area contributed by atoms with E-state index in [4.69, 9.17) is 5.11 Å². The molecule has 0 spiro atoms. The Bertz CT molecular complexity index is 359. The van der Waals surface area contributed by atoms with Gasteiger partial charge < -0.3 is 10.4 Å². The maximum atomic E-state index is 13.0. The van der Waals surface area contributed by atoms with Crippen LogP contribution < -0.4 is 5.32 Å². The Morgan fingerprint density at radius 2 is 1.76 bits per heavy atom. The topological polar surface area (TPSA) is 32.3 Å². The molecule has 0 heterocycles. The van der Waals surface area contributed by atoms with Crippen molar-refractivity contribution in [3.63, 3.8) is 0 Å². The van der Waals surface area contributed by atoms with Crippen molar-refractivity contribution in [2.75, 3.05) is 6.54 Å². The molecule has 2 nitrogen and oxygen atoms in total. The van der Waals surface area contributed by atoms with E-state index in [1.165, 1.54) is 0 Å². The smallest absolute Gasteiger partial charge is 0.194 e. The molecule has 0 radical (unpaired) electrons. The van der Waals surface area contributed by atoms with Crippen LogP contribution in [0.3, 0.4) is 0 Å². The predicted octanol–water partition coefficient (Wildman–Crippen LogP) is 2.53. The molecule has 96 valence electrons. The highest BCUT2D eigenvalue weighted by Crippen LogP contribution is 2.21. The fraction of sp³-hybridized carbons (Fsp3) is 0.500. The van der Waals surface area contributed by atoms with Gasteiger partial charge in [-0.1, -0.05) is 6.92 Å². The first-order valence-electron chi connectivity index (χ1n) is 5.51. The molecule has 0 saturated carbocycles. The van der Waals surface area contributed by atoms with E-state index in [9.17, 15) is 13.2 Å². The second-order valence-electron chi connectivity index (χ2n) is 4.02. The van der Waals surface area contributed by atoms with Crippen LogP contribution in [0.4, 0.5) is 13.2 Å². The lowest BCUT2D eigenvalue weighted by molar-refractivity contribution is 0.185. The minimum atomic E-state index is -1.46. The summed E-state index contributed by atoms with van der Waals surface area (Å²) in [5, 5.41) is 12.1. The van der Waals surface area contributed by atoms with Crippen LogP contribution in [0.2, 0.25) is 0 Å². The molecule has 5 heteroatoms. The number of hydrogen-bond donors (Lipinski definition) is 2. The van der Waals surface area contributed by atoms with Crippen LogP contribution in [0.15, 0.2) is 12.1 Å². The van der Waals surface area contributed by atoms with Crippen molar-refractivity contribution in [1.82, 2.24) is 5.32 Å². The molecule has 17 heavy (non-hydrogen) atoms. The number of halogens is 3. The van der Waals surface area contributed by atoms with Gasteiger partial charge in [-0.3, -0.25) is 0 Å². The van der Waals surface area contributed by atoms with Gasteiger partial charge in [-0.15, -0.1) is 0 Å². The summed E-state index contributed by atoms with van der Waals surface area (Å²) in [6.45, 7) is 3.74. The molecule has 0 aromatic heterocycles. The van der Waals surface area contributed by atoms with Gasteiger partial charge >= 0.3 is 0 Å². The zero-order chi connectivity index (χ0) is 13.0. The molecule has 0 fully saturated rings. The molecule has 1 aromatic rings. The SMILES string of the molecule is CCC(NCC(C)O)c1cc(F)c(F)c(F)c1. The third kappa shape index (κ3) is 3.71. The molecular weight excluding hydrogens is 231 g/mol. The average molecular weight is 247 g/mol. The van der Waals surface area contributed by atoms with Gasteiger partial charge in [0.1, 0.15) is 0 Å². The Labute approximate surface area is 98.5 Å². The van der Waals surface area contributed by atoms with Crippen molar-refractivity contribution in [3.05, 3.63) is 35.1 Å². The largest absolute Gasteiger partial charge is 0.392 e. The number of hydrogen-bond acceptors (Lipinski definition) is 2. The highest BCUT2D eigenvalue weighted by molar-refractivity contribution is 5.22. The maximum Gasteiger partial charge on any atom is 0.194 e. The normalized spacial score (nSPS) is 14.7. The summed E-state index contributed by atoms with van der Waals surface area (Å²) in [6, 6.07) is 1.64. The number of aliphatic hydroxyl groups excluding tert-OH is 1. The van der Waals surface area contributed by atoms with Crippen LogP contribution >= 0.6 is 0 Å². The molecule has 0 saturated heterocycles. The molecule has 0 amide bonds. The zero-order valence-corrected chi connectivity index (χ0v) is 9.80. The number of nitrogens with one attached hydrogen (secondary N) is 1. The fourth-order valence-corrected chi connectivity index (χ4v) is 1.59. The summed E-state index contributed by atoms with van der Waals surface area (Å²) in [7, 11) is 0. The van der Waals surface area contributed by atoms with E-state index >= 15 is 0 Å². The van der Waals surface area contributed by atoms with Crippen LogP contribution in [0, 0.1) is 17.5 Å². The van der Waals surface area contributed by atoms with Crippen LogP contribution in [0.25, 0.3) is 0 Å². The summed E-state index contributed by atoms with van der Waals surface area (Å²) in [4.78, 5) is 0. The second-order valence-corrected chi connectivity index (χ2v) is 4.02. The Kier molecular flexibility index (Phi) is 4.96. The Hall–Kier alpha value is -1.07. The van der Waals surface area contributed by atoms with Gasteiger partial charge in [0.2, 0.25) is 0 Å². The summed E-state index contributed by atoms with van der Waals surface area (Å²) < 4.78 is 38.9. The number of aliphatic hydroxyl groups is 1. The lowest BCUT2D eigenvalue weighted by atomic mass is 10.0. The standard InChI is InChI=1S/C12H16F3NO/c1-3-11(16-6-7(2)17)8-4-9(13)12(15)10(14)5-8/h4-5,7,11,16-17H,3,6H2,1-2H3. The highest BCUT2D eigenvalue weighted by atomic mass is 19.2. The number of rotatable bonds is 5. The van der Waals surface area contributed by atoms with Crippen LogP contribution in [0.5, 0.6) is 0 Å². The summed E-state index contributed by atoms with van der Waals surface area (Å²) in [5.41, 5.74) is 0.338. The predicted molar refractivity (Wildman–Crippen MR) is 59.0 cm³/mol. The van der Waals surface area contributed by atoms with E-state index in [1.54, 1.807) is 6.92 Å². The van der Waals surface area contributed by atoms with E-state index in [0.29, 0.717) is 18.5 Å². The number of benzene rings is 1. The molecule has 2 N–H and O–H groups in total. The Morgan fingerprint density at radius 1 is 1.24 bits per heavy atom. The summed E-state index contributed by atoms with van der Waals surface area (Å²) in [5.74, 6) is -3.85. The van der Waals surface area contributed by atoms with Crippen LogP contribution in [0.1, 0.15) is 31.9 Å². The second kappa shape index (κ2) is 6.02. The van der Waals surface area contributed by atoms with Gasteiger partial charge in [0.15, 0.2) is 17.5 Å². The maximum absolute atomic E-state index is 13.0. The van der Waals surface area contributed by atoms with Gasteiger partial charge in [0.25, 0.3) is 0 Å². The molecule has 1 aromatic carbocycles. The van der Waals surface area contributed by atoms with Crippen LogP contribution in [-0.2, 0) is 0 Å². The highest BCUT2D eigenvalue weighted by Gasteiger charge is 2.16. The van der Waals surface area contributed by atoms with E-state index in [-0.39, 0.29) is 6.04 Å². The quantitative estimate of drug-likeness (QED) is 0.784. The third-order valence-electron chi connectivity index (χ3n) is 2.48. The van der Waals surface area contributed by atoms with E-state index in [2.05, 4.69) is 5.32 Å². The lowest BCUT2D eigenvalue weighted by Gasteiger charge is -2.18. The third-order valence-corrected chi connectivity index (χ3v) is 2.48. The molecule has 1 rings (SSSR count). The monoisotopic (exact) mass is 247 g/mol. The average Bonchev–Trinajstić information content (AvgIpc) is 2.26. The van der Waals surface area contributed by atoms with E-state index in [0.717, 1.165) is 12.1 Å². The molecule has 0 aliphatic rings. The lowest BCUT2D eigenvalue weighted by Crippen LogP contribution is -2.28. The van der Waals surface area contributed by atoms with Gasteiger partial charge in [0.05, 0.1) is 6.10 Å². The first-order chi connectivity index (χ1) is 7.95. The van der Waals surface area contributed by atoms with E-state index < -0.39 is 23.6 Å². The molecule has 2 atom stereocenters. The van der Waals surface area contributed by atoms with Crippen LogP contribution in [-0.4, -0.2) is 17.8 Å². The van der Waals surface area contributed by atoms with Crippen molar-refractivity contribution in [2.45, 2.75) is 32.4 Å². The van der Waals surface area contributed by atoms with Gasteiger partial charge in [-0.2, -0.15) is 0 Å². The molecule has 0 aliphatic heterocycles. The minimum absolute atomic E-state index is 0.305. The van der Waals surface area contributed by atoms with Crippen molar-refractivity contribution >= 4 is 0 Å². The first-order valence-corrected chi connectivity index (χ1v) is 5.51. The molecule has 0 bridgehead atoms. The van der Waals surface area contributed by atoms with Gasteiger partial charge in [-0.05, 0) is 31.0 Å².